The highest BCUT2D eigenvalue weighted by atomic mass is 32.2. The van der Waals surface area contributed by atoms with E-state index in [0.717, 1.165) is 47.3 Å². The van der Waals surface area contributed by atoms with E-state index in [1.165, 1.54) is 5.56 Å². The molecule has 0 heterocycles. The molecule has 0 saturated carbocycles. The van der Waals surface area contributed by atoms with Gasteiger partial charge in [-0.15, -0.1) is 0 Å². The first-order valence-electron chi connectivity index (χ1n) is 9.22. The summed E-state index contributed by atoms with van der Waals surface area (Å²) in [6.45, 7) is 6.32. The fourth-order valence-electron chi connectivity index (χ4n) is 3.51. The topological polar surface area (TPSA) is 70.9 Å². The third kappa shape index (κ3) is 4.39. The van der Waals surface area contributed by atoms with Crippen LogP contribution in [0.2, 0.25) is 0 Å². The second-order valence-electron chi connectivity index (χ2n) is 6.90. The molecule has 1 aliphatic rings. The van der Waals surface area contributed by atoms with Crippen LogP contribution in [0, 0.1) is 0 Å². The van der Waals surface area contributed by atoms with Crippen LogP contribution in [-0.4, -0.2) is 33.3 Å². The van der Waals surface area contributed by atoms with Crippen molar-refractivity contribution >= 4 is 27.3 Å². The van der Waals surface area contributed by atoms with Gasteiger partial charge in [-0.05, 0) is 35.3 Å². The summed E-state index contributed by atoms with van der Waals surface area (Å²) in [4.78, 5) is 9.02. The number of aliphatic imine (C=N–C) groups is 2. The van der Waals surface area contributed by atoms with Crippen molar-refractivity contribution in [3.63, 3.8) is 0 Å². The number of rotatable bonds is 4. The van der Waals surface area contributed by atoms with E-state index in [9.17, 15) is 8.42 Å². The first-order valence-corrected chi connectivity index (χ1v) is 11.1. The van der Waals surface area contributed by atoms with Crippen LogP contribution in [0.1, 0.15) is 42.4 Å². The van der Waals surface area contributed by atoms with E-state index in [1.54, 1.807) is 19.2 Å². The van der Waals surface area contributed by atoms with Gasteiger partial charge in [-0.2, -0.15) is 0 Å². The van der Waals surface area contributed by atoms with Crippen LogP contribution < -0.4 is 4.72 Å². The summed E-state index contributed by atoms with van der Waals surface area (Å²) in [5.74, 6) is 0.958. The lowest BCUT2D eigenvalue weighted by Crippen LogP contribution is -2.20. The normalized spacial score (nSPS) is 18.8. The van der Waals surface area contributed by atoms with E-state index < -0.39 is 10.0 Å². The molecule has 28 heavy (non-hydrogen) atoms. The molecule has 0 spiro atoms. The van der Waals surface area contributed by atoms with Gasteiger partial charge in [0.25, 0.3) is 0 Å². The summed E-state index contributed by atoms with van der Waals surface area (Å²) in [5.41, 5.74) is 5.84. The van der Waals surface area contributed by atoms with E-state index >= 15 is 0 Å². The van der Waals surface area contributed by atoms with Crippen LogP contribution in [0.15, 0.2) is 70.7 Å². The highest BCUT2D eigenvalue weighted by Gasteiger charge is 2.28. The maximum absolute atomic E-state index is 11.4. The van der Waals surface area contributed by atoms with Crippen molar-refractivity contribution in [1.82, 2.24) is 0 Å². The van der Waals surface area contributed by atoms with E-state index in [1.807, 2.05) is 31.2 Å². The molecule has 1 aliphatic carbocycles. The number of hydrogen-bond donors (Lipinski definition) is 1. The Hall–Kier alpha value is -2.73. The monoisotopic (exact) mass is 395 g/mol. The molecule has 1 N–H and O–H groups in total. The van der Waals surface area contributed by atoms with Gasteiger partial charge >= 0.3 is 0 Å². The summed E-state index contributed by atoms with van der Waals surface area (Å²) in [6.07, 6.45) is 2.68. The SMILES string of the molecule is C=C1CC(c2ccc(NS(C)(=O)=O)cc2)c2ccccc2C1=NC(CC)=NC. The smallest absolute Gasteiger partial charge is 0.229 e. The molecule has 146 valence electrons. The fourth-order valence-corrected chi connectivity index (χ4v) is 4.07. The Bertz CT molecular complexity index is 1050. The second kappa shape index (κ2) is 8.10. The molecule has 0 radical (unpaired) electrons. The predicted octanol–water partition coefficient (Wildman–Crippen LogP) is 4.38. The molecule has 0 aromatic heterocycles. The summed E-state index contributed by atoms with van der Waals surface area (Å²) in [5, 5.41) is 0. The number of nitrogens with one attached hydrogen (secondary N) is 1. The molecule has 1 unspecified atom stereocenters. The zero-order chi connectivity index (χ0) is 20.3. The molecule has 5 nitrogen and oxygen atoms in total. The number of amidine groups is 1. The zero-order valence-corrected chi connectivity index (χ0v) is 17.3. The van der Waals surface area contributed by atoms with Crippen LogP contribution in [0.3, 0.4) is 0 Å². The average Bonchev–Trinajstić information content (AvgIpc) is 2.66. The van der Waals surface area contributed by atoms with Crippen molar-refractivity contribution < 1.29 is 8.42 Å². The largest absolute Gasteiger partial charge is 0.284 e. The lowest BCUT2D eigenvalue weighted by molar-refractivity contribution is 0.607. The van der Waals surface area contributed by atoms with Gasteiger partial charge in [-0.3, -0.25) is 9.71 Å². The molecule has 0 saturated heterocycles. The van der Waals surface area contributed by atoms with Crippen LogP contribution in [0.25, 0.3) is 0 Å². The van der Waals surface area contributed by atoms with Gasteiger partial charge < -0.3 is 0 Å². The molecule has 0 amide bonds. The molecular weight excluding hydrogens is 370 g/mol. The van der Waals surface area contributed by atoms with Crippen molar-refractivity contribution in [2.75, 3.05) is 18.0 Å². The highest BCUT2D eigenvalue weighted by molar-refractivity contribution is 7.92. The summed E-state index contributed by atoms with van der Waals surface area (Å²) >= 11 is 0. The minimum Gasteiger partial charge on any atom is -0.284 e. The standard InChI is InChI=1S/C22H25N3O2S/c1-5-21(23-3)24-22-15(2)14-20(18-8-6-7-9-19(18)22)16-10-12-17(13-11-16)25-28(4,26)27/h6-13,20,25H,2,5,14H2,1,3-4H3. The Morgan fingerprint density at radius 2 is 1.86 bits per heavy atom. The van der Waals surface area contributed by atoms with Gasteiger partial charge in [0.15, 0.2) is 0 Å². The molecule has 3 rings (SSSR count). The van der Waals surface area contributed by atoms with Crippen molar-refractivity contribution in [3.8, 4) is 0 Å². The van der Waals surface area contributed by atoms with Gasteiger partial charge in [0.2, 0.25) is 10.0 Å². The number of fused-ring (bicyclic) bond motifs is 1. The van der Waals surface area contributed by atoms with Gasteiger partial charge in [0, 0.05) is 30.6 Å². The number of nitrogens with zero attached hydrogens (tertiary/aromatic N) is 2. The third-order valence-corrected chi connectivity index (χ3v) is 5.41. The highest BCUT2D eigenvalue weighted by Crippen LogP contribution is 2.39. The van der Waals surface area contributed by atoms with Crippen LogP contribution in [0.5, 0.6) is 0 Å². The van der Waals surface area contributed by atoms with E-state index in [0.29, 0.717) is 5.69 Å². The molecule has 0 aliphatic heterocycles. The number of anilines is 1. The summed E-state index contributed by atoms with van der Waals surface area (Å²) < 4.78 is 25.3. The van der Waals surface area contributed by atoms with Gasteiger partial charge in [0.1, 0.15) is 5.84 Å². The third-order valence-electron chi connectivity index (χ3n) is 4.81. The molecular formula is C22H25N3O2S. The second-order valence-corrected chi connectivity index (χ2v) is 8.65. The van der Waals surface area contributed by atoms with Crippen LogP contribution in [-0.2, 0) is 10.0 Å². The van der Waals surface area contributed by atoms with Gasteiger partial charge in [-0.25, -0.2) is 13.4 Å². The minimum atomic E-state index is -3.29. The average molecular weight is 396 g/mol. The van der Waals surface area contributed by atoms with E-state index in [-0.39, 0.29) is 5.92 Å². The first-order chi connectivity index (χ1) is 13.3. The van der Waals surface area contributed by atoms with E-state index in [4.69, 9.17) is 4.99 Å². The van der Waals surface area contributed by atoms with Crippen molar-refractivity contribution in [2.24, 2.45) is 9.98 Å². The minimum absolute atomic E-state index is 0.151. The maximum atomic E-state index is 11.4. The Kier molecular flexibility index (Phi) is 5.79. The van der Waals surface area contributed by atoms with Crippen LogP contribution in [0.4, 0.5) is 5.69 Å². The van der Waals surface area contributed by atoms with Gasteiger partial charge in [0.05, 0.1) is 12.0 Å². The van der Waals surface area contributed by atoms with Crippen molar-refractivity contribution in [3.05, 3.63) is 77.4 Å². The summed E-state index contributed by atoms with van der Waals surface area (Å²) in [6, 6.07) is 15.8. The number of benzene rings is 2. The maximum Gasteiger partial charge on any atom is 0.229 e. The number of hydrogen-bond acceptors (Lipinski definition) is 3. The molecule has 0 bridgehead atoms. The van der Waals surface area contributed by atoms with Crippen molar-refractivity contribution in [1.29, 1.82) is 0 Å². The van der Waals surface area contributed by atoms with Crippen LogP contribution >= 0.6 is 0 Å². The zero-order valence-electron chi connectivity index (χ0n) is 16.4. The molecule has 2 aromatic carbocycles. The van der Waals surface area contributed by atoms with Crippen molar-refractivity contribution in [2.45, 2.75) is 25.7 Å². The number of sulfonamides is 1. The summed E-state index contributed by atoms with van der Waals surface area (Å²) in [7, 11) is -1.53. The Labute approximate surface area is 167 Å². The molecule has 6 heteroatoms. The Balaban J connectivity index is 2.01. The quantitative estimate of drug-likeness (QED) is 0.616. The lowest BCUT2D eigenvalue weighted by Gasteiger charge is -2.29. The number of allylic oxidation sites excluding steroid dienone is 1. The Morgan fingerprint density at radius 3 is 2.46 bits per heavy atom. The lowest BCUT2D eigenvalue weighted by atomic mass is 9.76. The predicted molar refractivity (Wildman–Crippen MR) is 117 cm³/mol. The Morgan fingerprint density at radius 1 is 1.18 bits per heavy atom. The van der Waals surface area contributed by atoms with E-state index in [2.05, 4.69) is 28.4 Å². The molecule has 1 atom stereocenters. The van der Waals surface area contributed by atoms with Gasteiger partial charge in [-0.1, -0.05) is 49.9 Å². The fraction of sp³-hybridized carbons (Fsp3) is 0.273. The first kappa shape index (κ1) is 20.0. The molecule has 2 aromatic rings. The molecule has 0 fully saturated rings.